The van der Waals surface area contributed by atoms with Crippen LogP contribution in [0, 0.1) is 5.41 Å². The number of aliphatic carboxylic acids is 1. The van der Waals surface area contributed by atoms with Gasteiger partial charge in [-0.15, -0.1) is 22.7 Å². The molecule has 25 heavy (non-hydrogen) atoms. The van der Waals surface area contributed by atoms with Crippen molar-refractivity contribution < 1.29 is 19.4 Å². The molecule has 7 heteroatoms. The molecular formula is C18H17NO4S2. The molecule has 0 bridgehead atoms. The monoisotopic (exact) mass is 375 g/mol. The number of carboxylic acid groups (broad SMARTS) is 1. The molecule has 130 valence electrons. The first-order chi connectivity index (χ1) is 12.1. The first kappa shape index (κ1) is 16.5. The van der Waals surface area contributed by atoms with Gasteiger partial charge < -0.3 is 15.2 Å². The second kappa shape index (κ2) is 6.40. The van der Waals surface area contributed by atoms with E-state index >= 15 is 0 Å². The zero-order valence-electron chi connectivity index (χ0n) is 13.4. The summed E-state index contributed by atoms with van der Waals surface area (Å²) < 4.78 is 8.68. The van der Waals surface area contributed by atoms with E-state index in [9.17, 15) is 14.7 Å². The fourth-order valence-corrected chi connectivity index (χ4v) is 5.62. The molecule has 3 aromatic rings. The minimum absolute atomic E-state index is 0.136. The highest BCUT2D eigenvalue weighted by molar-refractivity contribution is 7.33. The number of thiophene rings is 2. The van der Waals surface area contributed by atoms with Gasteiger partial charge in [-0.25, -0.2) is 0 Å². The van der Waals surface area contributed by atoms with Gasteiger partial charge in [0.1, 0.15) is 0 Å². The summed E-state index contributed by atoms with van der Waals surface area (Å²) in [4.78, 5) is 24.8. The maximum atomic E-state index is 12.5. The number of hydrogen-bond acceptors (Lipinski definition) is 5. The molecule has 4 rings (SSSR count). The maximum absolute atomic E-state index is 12.5. The molecule has 0 atom stereocenters. The number of ether oxygens (including phenoxy) is 1. The number of hydrogen-bond donors (Lipinski definition) is 2. The van der Waals surface area contributed by atoms with Crippen molar-refractivity contribution in [3.8, 4) is 0 Å². The molecule has 2 N–H and O–H groups in total. The zero-order chi connectivity index (χ0) is 17.4. The van der Waals surface area contributed by atoms with Gasteiger partial charge in [-0.2, -0.15) is 0 Å². The second-order valence-corrected chi connectivity index (χ2v) is 8.42. The molecule has 1 aliphatic heterocycles. The van der Waals surface area contributed by atoms with Gasteiger partial charge in [0.15, 0.2) is 0 Å². The van der Waals surface area contributed by atoms with Crippen molar-refractivity contribution in [1.82, 2.24) is 5.32 Å². The SMILES string of the molecule is O=C(NCC1(C(=O)O)CCOCC1)c1cc2sc3ccccc3c2s1. The van der Waals surface area contributed by atoms with E-state index < -0.39 is 11.4 Å². The van der Waals surface area contributed by atoms with E-state index in [1.165, 1.54) is 16.0 Å². The van der Waals surface area contributed by atoms with Crippen LogP contribution in [-0.4, -0.2) is 36.7 Å². The topological polar surface area (TPSA) is 75.6 Å². The Bertz CT molecular complexity index is 952. The third kappa shape index (κ3) is 2.92. The summed E-state index contributed by atoms with van der Waals surface area (Å²) in [5.74, 6) is -1.07. The fraction of sp³-hybridized carbons (Fsp3) is 0.333. The average Bonchev–Trinajstić information content (AvgIpc) is 3.18. The summed E-state index contributed by atoms with van der Waals surface area (Å²) in [6.07, 6.45) is 0.847. The number of carbonyl (C=O) groups excluding carboxylic acids is 1. The lowest BCUT2D eigenvalue weighted by molar-refractivity contribution is -0.154. The lowest BCUT2D eigenvalue weighted by Gasteiger charge is -2.33. The molecule has 0 saturated carbocycles. The molecule has 2 aromatic heterocycles. The molecule has 5 nitrogen and oxygen atoms in total. The van der Waals surface area contributed by atoms with Crippen LogP contribution in [-0.2, 0) is 9.53 Å². The summed E-state index contributed by atoms with van der Waals surface area (Å²) in [5, 5.41) is 13.6. The lowest BCUT2D eigenvalue weighted by Crippen LogP contribution is -2.46. The lowest BCUT2D eigenvalue weighted by atomic mass is 9.80. The van der Waals surface area contributed by atoms with Crippen LogP contribution in [0.1, 0.15) is 22.5 Å². The standard InChI is InChI=1S/C18H17NO4S2/c20-16(19-10-18(17(21)22)5-7-23-8-6-18)14-9-13-15(25-14)11-3-1-2-4-12(11)24-13/h1-4,9H,5-8,10H2,(H,19,20)(H,21,22). The van der Waals surface area contributed by atoms with Crippen molar-refractivity contribution in [1.29, 1.82) is 0 Å². The van der Waals surface area contributed by atoms with E-state index in [1.54, 1.807) is 11.3 Å². The molecule has 1 amide bonds. The molecule has 1 fully saturated rings. The number of amides is 1. The van der Waals surface area contributed by atoms with Crippen LogP contribution < -0.4 is 5.32 Å². The summed E-state index contributed by atoms with van der Waals surface area (Å²) in [7, 11) is 0. The molecule has 0 unspecified atom stereocenters. The largest absolute Gasteiger partial charge is 0.481 e. The van der Waals surface area contributed by atoms with Gasteiger partial charge in [0.05, 0.1) is 15.0 Å². The van der Waals surface area contributed by atoms with Gasteiger partial charge in [-0.3, -0.25) is 9.59 Å². The molecule has 1 saturated heterocycles. The van der Waals surface area contributed by atoms with Gasteiger partial charge in [0, 0.05) is 34.5 Å². The predicted molar refractivity (Wildman–Crippen MR) is 99.7 cm³/mol. The Hall–Kier alpha value is -1.96. The highest BCUT2D eigenvalue weighted by Gasteiger charge is 2.40. The maximum Gasteiger partial charge on any atom is 0.311 e. The van der Waals surface area contributed by atoms with Crippen molar-refractivity contribution >= 4 is 54.0 Å². The molecule has 0 spiro atoms. The Morgan fingerprint density at radius 2 is 1.92 bits per heavy atom. The Balaban J connectivity index is 1.54. The number of nitrogens with one attached hydrogen (secondary N) is 1. The Labute approximate surface area is 152 Å². The fourth-order valence-electron chi connectivity index (χ4n) is 3.18. The van der Waals surface area contributed by atoms with E-state index in [0.29, 0.717) is 30.9 Å². The number of fused-ring (bicyclic) bond motifs is 3. The summed E-state index contributed by atoms with van der Waals surface area (Å²) in [6.45, 7) is 0.975. The second-order valence-electron chi connectivity index (χ2n) is 6.28. The van der Waals surface area contributed by atoms with Crippen molar-refractivity contribution in [2.24, 2.45) is 5.41 Å². The van der Waals surface area contributed by atoms with Crippen molar-refractivity contribution in [3.05, 3.63) is 35.2 Å². The van der Waals surface area contributed by atoms with Gasteiger partial charge in [-0.1, -0.05) is 18.2 Å². The Morgan fingerprint density at radius 3 is 2.68 bits per heavy atom. The minimum atomic E-state index is -0.921. The van der Waals surface area contributed by atoms with Gasteiger partial charge in [-0.05, 0) is 25.0 Å². The Morgan fingerprint density at radius 1 is 1.16 bits per heavy atom. The first-order valence-electron chi connectivity index (χ1n) is 8.09. The van der Waals surface area contributed by atoms with Crippen LogP contribution >= 0.6 is 22.7 Å². The van der Waals surface area contributed by atoms with E-state index in [1.807, 2.05) is 18.2 Å². The van der Waals surface area contributed by atoms with Crippen molar-refractivity contribution in [3.63, 3.8) is 0 Å². The zero-order valence-corrected chi connectivity index (χ0v) is 15.0. The smallest absolute Gasteiger partial charge is 0.311 e. The number of carbonyl (C=O) groups is 2. The highest BCUT2D eigenvalue weighted by atomic mass is 32.1. The molecular weight excluding hydrogens is 358 g/mol. The highest BCUT2D eigenvalue weighted by Crippen LogP contribution is 2.39. The number of benzene rings is 1. The predicted octanol–water partition coefficient (Wildman–Crippen LogP) is 3.73. The van der Waals surface area contributed by atoms with E-state index in [2.05, 4.69) is 17.4 Å². The summed E-state index contributed by atoms with van der Waals surface area (Å²) >= 11 is 3.13. The van der Waals surface area contributed by atoms with Gasteiger partial charge >= 0.3 is 5.97 Å². The minimum Gasteiger partial charge on any atom is -0.481 e. The molecule has 1 aromatic carbocycles. The number of rotatable bonds is 4. The normalized spacial score (nSPS) is 17.0. The third-order valence-corrected chi connectivity index (χ3v) is 7.18. The van der Waals surface area contributed by atoms with Gasteiger partial charge in [0.25, 0.3) is 5.91 Å². The average molecular weight is 375 g/mol. The van der Waals surface area contributed by atoms with Crippen molar-refractivity contribution in [2.45, 2.75) is 12.8 Å². The molecule has 1 aliphatic rings. The summed E-state index contributed by atoms with van der Waals surface area (Å²) in [5.41, 5.74) is -0.921. The van der Waals surface area contributed by atoms with E-state index in [-0.39, 0.29) is 12.5 Å². The first-order valence-corrected chi connectivity index (χ1v) is 9.73. The molecule has 0 aliphatic carbocycles. The van der Waals surface area contributed by atoms with Crippen LogP contribution in [0.15, 0.2) is 30.3 Å². The number of carboxylic acids is 1. The third-order valence-electron chi connectivity index (χ3n) is 4.76. The van der Waals surface area contributed by atoms with Crippen LogP contribution in [0.2, 0.25) is 0 Å². The van der Waals surface area contributed by atoms with Crippen LogP contribution in [0.4, 0.5) is 0 Å². The molecule has 0 radical (unpaired) electrons. The van der Waals surface area contributed by atoms with E-state index in [0.717, 1.165) is 14.8 Å². The van der Waals surface area contributed by atoms with E-state index in [4.69, 9.17) is 4.74 Å². The molecule has 3 heterocycles. The summed E-state index contributed by atoms with van der Waals surface area (Å²) in [6, 6.07) is 10.0. The quantitative estimate of drug-likeness (QED) is 0.729. The van der Waals surface area contributed by atoms with Gasteiger partial charge in [0.2, 0.25) is 0 Å². The van der Waals surface area contributed by atoms with Crippen LogP contribution in [0.3, 0.4) is 0 Å². The van der Waals surface area contributed by atoms with Crippen LogP contribution in [0.25, 0.3) is 19.5 Å². The van der Waals surface area contributed by atoms with Crippen LogP contribution in [0.5, 0.6) is 0 Å². The Kier molecular flexibility index (Phi) is 4.23. The van der Waals surface area contributed by atoms with Crippen molar-refractivity contribution in [2.75, 3.05) is 19.8 Å².